The lowest BCUT2D eigenvalue weighted by Gasteiger charge is -2.15. The SMILES string of the molecule is CCCCCC[C@H](O)[C@@H](O)CC. The Labute approximate surface area is 75.6 Å². The van der Waals surface area contributed by atoms with Crippen molar-refractivity contribution in [3.05, 3.63) is 0 Å². The largest absolute Gasteiger partial charge is 0.390 e. The van der Waals surface area contributed by atoms with Crippen molar-refractivity contribution in [1.29, 1.82) is 0 Å². The summed E-state index contributed by atoms with van der Waals surface area (Å²) in [5.41, 5.74) is 0. The Kier molecular flexibility index (Phi) is 7.51. The number of aliphatic hydroxyl groups is 2. The van der Waals surface area contributed by atoms with Crippen LogP contribution in [0.15, 0.2) is 0 Å². The smallest absolute Gasteiger partial charge is 0.0799 e. The number of rotatable bonds is 7. The van der Waals surface area contributed by atoms with Crippen LogP contribution in [0.1, 0.15) is 52.4 Å². The first-order valence-electron chi connectivity index (χ1n) is 5.08. The average Bonchev–Trinajstić information content (AvgIpc) is 2.10. The predicted octanol–water partition coefficient (Wildman–Crippen LogP) is 2.09. The number of aliphatic hydroxyl groups excluding tert-OH is 2. The maximum atomic E-state index is 9.37. The maximum absolute atomic E-state index is 9.37. The summed E-state index contributed by atoms with van der Waals surface area (Å²) in [6.07, 6.45) is 5.01. The van der Waals surface area contributed by atoms with Gasteiger partial charge in [-0.3, -0.25) is 0 Å². The van der Waals surface area contributed by atoms with E-state index in [4.69, 9.17) is 0 Å². The molecule has 0 amide bonds. The van der Waals surface area contributed by atoms with Gasteiger partial charge in [-0.1, -0.05) is 39.5 Å². The van der Waals surface area contributed by atoms with Gasteiger partial charge in [0.25, 0.3) is 0 Å². The fourth-order valence-corrected chi connectivity index (χ4v) is 1.24. The van der Waals surface area contributed by atoms with Crippen molar-refractivity contribution in [3.8, 4) is 0 Å². The minimum Gasteiger partial charge on any atom is -0.390 e. The third-order valence-electron chi connectivity index (χ3n) is 2.22. The third kappa shape index (κ3) is 5.56. The number of unbranched alkanes of at least 4 members (excludes halogenated alkanes) is 3. The van der Waals surface area contributed by atoms with E-state index in [0.717, 1.165) is 12.8 Å². The first-order valence-corrected chi connectivity index (χ1v) is 5.08. The molecule has 0 fully saturated rings. The summed E-state index contributed by atoms with van der Waals surface area (Å²) in [6, 6.07) is 0. The zero-order valence-electron chi connectivity index (χ0n) is 8.29. The van der Waals surface area contributed by atoms with Crippen LogP contribution in [0.3, 0.4) is 0 Å². The fraction of sp³-hybridized carbons (Fsp3) is 1.00. The first kappa shape index (κ1) is 11.9. The van der Waals surface area contributed by atoms with E-state index in [1.54, 1.807) is 0 Å². The van der Waals surface area contributed by atoms with E-state index in [-0.39, 0.29) is 0 Å². The van der Waals surface area contributed by atoms with Gasteiger partial charge in [-0.05, 0) is 12.8 Å². The number of hydrogen-bond donors (Lipinski definition) is 2. The molecule has 2 heteroatoms. The Morgan fingerprint density at radius 2 is 1.58 bits per heavy atom. The highest BCUT2D eigenvalue weighted by Gasteiger charge is 2.12. The fourth-order valence-electron chi connectivity index (χ4n) is 1.24. The van der Waals surface area contributed by atoms with Gasteiger partial charge in [-0.2, -0.15) is 0 Å². The van der Waals surface area contributed by atoms with E-state index in [0.29, 0.717) is 6.42 Å². The molecule has 0 heterocycles. The molecule has 2 atom stereocenters. The molecule has 12 heavy (non-hydrogen) atoms. The van der Waals surface area contributed by atoms with Crippen LogP contribution in [0, 0.1) is 0 Å². The molecular formula is C10H22O2. The minimum absolute atomic E-state index is 0.508. The van der Waals surface area contributed by atoms with Crippen molar-refractivity contribution < 1.29 is 10.2 Å². The van der Waals surface area contributed by atoms with Gasteiger partial charge in [-0.15, -0.1) is 0 Å². The molecule has 0 aromatic rings. The first-order chi connectivity index (χ1) is 5.72. The van der Waals surface area contributed by atoms with Gasteiger partial charge in [0.15, 0.2) is 0 Å². The molecule has 0 rings (SSSR count). The van der Waals surface area contributed by atoms with E-state index in [1.807, 2.05) is 6.92 Å². The summed E-state index contributed by atoms with van der Waals surface area (Å²) < 4.78 is 0. The van der Waals surface area contributed by atoms with Crippen molar-refractivity contribution in [2.24, 2.45) is 0 Å². The van der Waals surface area contributed by atoms with Crippen LogP contribution in [0.25, 0.3) is 0 Å². The van der Waals surface area contributed by atoms with Gasteiger partial charge >= 0.3 is 0 Å². The molecule has 0 aromatic carbocycles. The Balaban J connectivity index is 3.24. The summed E-state index contributed by atoms with van der Waals surface area (Å²) in [6.45, 7) is 4.05. The number of hydrogen-bond acceptors (Lipinski definition) is 2. The second kappa shape index (κ2) is 7.56. The van der Waals surface area contributed by atoms with E-state index in [2.05, 4.69) is 6.92 Å². The van der Waals surface area contributed by atoms with Crippen LogP contribution < -0.4 is 0 Å². The van der Waals surface area contributed by atoms with Crippen molar-refractivity contribution in [2.75, 3.05) is 0 Å². The lowest BCUT2D eigenvalue weighted by molar-refractivity contribution is 0.0114. The molecule has 0 radical (unpaired) electrons. The van der Waals surface area contributed by atoms with Crippen molar-refractivity contribution in [2.45, 2.75) is 64.6 Å². The Bertz CT molecular complexity index is 93.8. The molecule has 2 nitrogen and oxygen atoms in total. The monoisotopic (exact) mass is 174 g/mol. The molecule has 2 N–H and O–H groups in total. The summed E-state index contributed by atoms with van der Waals surface area (Å²) in [7, 11) is 0. The van der Waals surface area contributed by atoms with Gasteiger partial charge in [0.2, 0.25) is 0 Å². The molecule has 0 bridgehead atoms. The lowest BCUT2D eigenvalue weighted by Crippen LogP contribution is -2.24. The normalized spacial score (nSPS) is 16.0. The van der Waals surface area contributed by atoms with Gasteiger partial charge in [0, 0.05) is 0 Å². The van der Waals surface area contributed by atoms with E-state index < -0.39 is 12.2 Å². The molecule has 0 unspecified atom stereocenters. The summed E-state index contributed by atoms with van der Waals surface area (Å²) in [5.74, 6) is 0. The van der Waals surface area contributed by atoms with E-state index >= 15 is 0 Å². The van der Waals surface area contributed by atoms with Crippen LogP contribution in [-0.4, -0.2) is 22.4 Å². The zero-order chi connectivity index (χ0) is 9.40. The minimum atomic E-state index is -0.522. The predicted molar refractivity (Wildman–Crippen MR) is 51.1 cm³/mol. The Hall–Kier alpha value is -0.0800. The van der Waals surface area contributed by atoms with Gasteiger partial charge in [-0.25, -0.2) is 0 Å². The summed E-state index contributed by atoms with van der Waals surface area (Å²) in [5, 5.41) is 18.6. The molecule has 0 saturated carbocycles. The van der Waals surface area contributed by atoms with E-state index in [9.17, 15) is 10.2 Å². The molecular weight excluding hydrogens is 152 g/mol. The molecule has 0 aliphatic carbocycles. The van der Waals surface area contributed by atoms with Crippen LogP contribution in [0.2, 0.25) is 0 Å². The molecule has 0 spiro atoms. The highest BCUT2D eigenvalue weighted by atomic mass is 16.3. The van der Waals surface area contributed by atoms with Crippen molar-refractivity contribution in [3.63, 3.8) is 0 Å². The maximum Gasteiger partial charge on any atom is 0.0799 e. The zero-order valence-corrected chi connectivity index (χ0v) is 8.29. The topological polar surface area (TPSA) is 40.5 Å². The van der Waals surface area contributed by atoms with Crippen LogP contribution in [-0.2, 0) is 0 Å². The van der Waals surface area contributed by atoms with Gasteiger partial charge in [0.05, 0.1) is 12.2 Å². The lowest BCUT2D eigenvalue weighted by atomic mass is 10.0. The molecule has 74 valence electrons. The van der Waals surface area contributed by atoms with Crippen molar-refractivity contribution in [1.82, 2.24) is 0 Å². The standard InChI is InChI=1S/C10H22O2/c1-3-5-6-7-8-10(12)9(11)4-2/h9-12H,3-8H2,1-2H3/t9-,10-/m0/s1. The molecule has 0 aromatic heterocycles. The van der Waals surface area contributed by atoms with Crippen LogP contribution in [0.4, 0.5) is 0 Å². The van der Waals surface area contributed by atoms with Crippen molar-refractivity contribution >= 4 is 0 Å². The molecule has 0 aliphatic heterocycles. The van der Waals surface area contributed by atoms with Crippen LogP contribution in [0.5, 0.6) is 0 Å². The third-order valence-corrected chi connectivity index (χ3v) is 2.22. The Morgan fingerprint density at radius 3 is 2.08 bits per heavy atom. The average molecular weight is 174 g/mol. The van der Waals surface area contributed by atoms with Gasteiger partial charge < -0.3 is 10.2 Å². The molecule has 0 saturated heterocycles. The Morgan fingerprint density at radius 1 is 0.917 bits per heavy atom. The van der Waals surface area contributed by atoms with Gasteiger partial charge in [0.1, 0.15) is 0 Å². The molecule has 0 aliphatic rings. The summed E-state index contributed by atoms with van der Waals surface area (Å²) in [4.78, 5) is 0. The van der Waals surface area contributed by atoms with E-state index in [1.165, 1.54) is 19.3 Å². The summed E-state index contributed by atoms with van der Waals surface area (Å²) >= 11 is 0. The highest BCUT2D eigenvalue weighted by Crippen LogP contribution is 2.09. The highest BCUT2D eigenvalue weighted by molar-refractivity contribution is 4.64. The quantitative estimate of drug-likeness (QED) is 0.580. The van der Waals surface area contributed by atoms with Crippen LogP contribution >= 0.6 is 0 Å². The second-order valence-electron chi connectivity index (χ2n) is 3.39. The second-order valence-corrected chi connectivity index (χ2v) is 3.39.